The Morgan fingerprint density at radius 3 is 0.813 bits per heavy atom. The van der Waals surface area contributed by atoms with Crippen LogP contribution in [0.15, 0.2) is 72.9 Å². The van der Waals surface area contributed by atoms with E-state index < -0.39 is 6.10 Å². The van der Waals surface area contributed by atoms with Gasteiger partial charge in [-0.05, 0) is 83.5 Å². The number of hydrogen-bond donors (Lipinski definition) is 0. The van der Waals surface area contributed by atoms with E-state index in [0.29, 0.717) is 19.3 Å². The number of allylic oxidation sites excluding steroid dienone is 12. The van der Waals surface area contributed by atoms with Crippen molar-refractivity contribution < 1.29 is 28.6 Å². The predicted molar refractivity (Wildman–Crippen MR) is 325 cm³/mol. The first-order valence-corrected chi connectivity index (χ1v) is 32.4. The Bertz CT molecular complexity index is 1390. The summed E-state index contributed by atoms with van der Waals surface area (Å²) < 4.78 is 16.9. The Kier molecular flexibility index (Phi) is 60.7. The van der Waals surface area contributed by atoms with Crippen molar-refractivity contribution in [3.8, 4) is 0 Å². The Labute approximate surface area is 465 Å². The van der Waals surface area contributed by atoms with E-state index in [2.05, 4.69) is 93.7 Å². The summed E-state index contributed by atoms with van der Waals surface area (Å²) >= 11 is 0. The molecule has 0 aliphatic heterocycles. The van der Waals surface area contributed by atoms with Crippen LogP contribution in [0.3, 0.4) is 0 Å². The molecule has 0 aliphatic rings. The number of ether oxygens (including phenoxy) is 3. The molecule has 0 saturated heterocycles. The third kappa shape index (κ3) is 61.6. The molecule has 0 aromatic heterocycles. The molecule has 6 nitrogen and oxygen atoms in total. The van der Waals surface area contributed by atoms with Crippen molar-refractivity contribution in [3.05, 3.63) is 72.9 Å². The van der Waals surface area contributed by atoms with Gasteiger partial charge in [0.15, 0.2) is 6.10 Å². The Morgan fingerprint density at radius 1 is 0.280 bits per heavy atom. The summed E-state index contributed by atoms with van der Waals surface area (Å²) in [5.74, 6) is -0.906. The maximum Gasteiger partial charge on any atom is 0.306 e. The minimum absolute atomic E-state index is 0.0857. The Hall–Kier alpha value is -3.15. The highest BCUT2D eigenvalue weighted by molar-refractivity contribution is 5.71. The standard InChI is InChI=1S/C69H122O6/c1-4-7-10-13-16-19-22-25-28-29-30-31-32-33-34-35-36-37-38-39-42-44-47-50-53-56-59-62-68(71)74-65-66(75-69(72)63-60-57-54-51-48-45-41-27-24-21-18-15-12-9-6-3)64-73-67(70)61-58-55-52-49-46-43-40-26-23-20-17-14-11-8-5-2/h8-9,11-12,17-18,20-21,26-27,40-41,66H,4-7,10,13-16,19,22-25,28-39,42-65H2,1-3H3/b11-8-,12-9-,20-17-,21-18-,40-26-,41-27-. The molecule has 0 aromatic rings. The Morgan fingerprint density at radius 2 is 0.520 bits per heavy atom. The molecule has 0 aliphatic carbocycles. The van der Waals surface area contributed by atoms with E-state index >= 15 is 0 Å². The Balaban J connectivity index is 4.24. The number of rotatable bonds is 59. The van der Waals surface area contributed by atoms with E-state index in [1.165, 1.54) is 154 Å². The summed E-state index contributed by atoms with van der Waals surface area (Å²) in [5, 5.41) is 0. The van der Waals surface area contributed by atoms with E-state index in [-0.39, 0.29) is 31.1 Å². The summed E-state index contributed by atoms with van der Waals surface area (Å²) in [7, 11) is 0. The van der Waals surface area contributed by atoms with Gasteiger partial charge < -0.3 is 14.2 Å². The highest BCUT2D eigenvalue weighted by Crippen LogP contribution is 2.18. The van der Waals surface area contributed by atoms with Crippen LogP contribution in [0.1, 0.15) is 329 Å². The molecule has 0 aromatic carbocycles. The molecule has 1 atom stereocenters. The van der Waals surface area contributed by atoms with Crippen LogP contribution >= 0.6 is 0 Å². The highest BCUT2D eigenvalue weighted by atomic mass is 16.6. The fraction of sp³-hybridized carbons (Fsp3) is 0.783. The number of unbranched alkanes of at least 4 members (excludes halogenated alkanes) is 36. The molecule has 0 amide bonds. The predicted octanol–water partition coefficient (Wildman–Crippen LogP) is 22.1. The van der Waals surface area contributed by atoms with Gasteiger partial charge in [0.2, 0.25) is 0 Å². The van der Waals surface area contributed by atoms with Crippen LogP contribution in [0.2, 0.25) is 0 Å². The molecule has 0 saturated carbocycles. The van der Waals surface area contributed by atoms with E-state index in [9.17, 15) is 14.4 Å². The average Bonchev–Trinajstić information content (AvgIpc) is 3.41. The van der Waals surface area contributed by atoms with Gasteiger partial charge in [-0.3, -0.25) is 14.4 Å². The lowest BCUT2D eigenvalue weighted by atomic mass is 10.0. The van der Waals surface area contributed by atoms with Gasteiger partial charge >= 0.3 is 17.9 Å². The normalized spacial score (nSPS) is 12.5. The lowest BCUT2D eigenvalue weighted by molar-refractivity contribution is -0.167. The monoisotopic (exact) mass is 1050 g/mol. The minimum Gasteiger partial charge on any atom is -0.462 e. The molecule has 0 radical (unpaired) electrons. The highest BCUT2D eigenvalue weighted by Gasteiger charge is 2.19. The van der Waals surface area contributed by atoms with Crippen LogP contribution in [0, 0.1) is 0 Å². The van der Waals surface area contributed by atoms with Crippen LogP contribution in [0.25, 0.3) is 0 Å². The van der Waals surface area contributed by atoms with Crippen LogP contribution in [0.5, 0.6) is 0 Å². The molecular weight excluding hydrogens is 925 g/mol. The fourth-order valence-corrected chi connectivity index (χ4v) is 9.42. The minimum atomic E-state index is -0.792. The van der Waals surface area contributed by atoms with E-state index in [1.807, 2.05) is 0 Å². The van der Waals surface area contributed by atoms with Crippen molar-refractivity contribution in [2.75, 3.05) is 13.2 Å². The SMILES string of the molecule is CC/C=C\C/C=C\C/C=C\CCCCCCCC(=O)OCC(COC(=O)CCCCCCCCCCCCCCCCCCCCCCCCCCCCC)OC(=O)CCCCCCC/C=C\C/C=C\C/C=C\CC. The van der Waals surface area contributed by atoms with E-state index in [4.69, 9.17) is 14.2 Å². The zero-order chi connectivity index (χ0) is 54.3. The first-order chi connectivity index (χ1) is 37.0. The maximum absolute atomic E-state index is 12.9. The van der Waals surface area contributed by atoms with Gasteiger partial charge in [-0.15, -0.1) is 0 Å². The van der Waals surface area contributed by atoms with Crippen LogP contribution in [-0.4, -0.2) is 37.2 Å². The van der Waals surface area contributed by atoms with E-state index in [0.717, 1.165) is 135 Å². The van der Waals surface area contributed by atoms with Crippen molar-refractivity contribution >= 4 is 17.9 Å². The van der Waals surface area contributed by atoms with Crippen molar-refractivity contribution in [1.29, 1.82) is 0 Å². The first-order valence-electron chi connectivity index (χ1n) is 32.4. The number of esters is 3. The molecule has 6 heteroatoms. The number of carbonyl (C=O) groups is 3. The fourth-order valence-electron chi connectivity index (χ4n) is 9.42. The van der Waals surface area contributed by atoms with Crippen LogP contribution in [-0.2, 0) is 28.6 Å². The molecule has 0 N–H and O–H groups in total. The molecule has 0 bridgehead atoms. The smallest absolute Gasteiger partial charge is 0.306 e. The number of carbonyl (C=O) groups excluding carboxylic acids is 3. The first kappa shape index (κ1) is 71.8. The van der Waals surface area contributed by atoms with Crippen LogP contribution in [0.4, 0.5) is 0 Å². The molecule has 0 spiro atoms. The van der Waals surface area contributed by atoms with Gasteiger partial charge in [-0.2, -0.15) is 0 Å². The second-order valence-electron chi connectivity index (χ2n) is 21.6. The van der Waals surface area contributed by atoms with Gasteiger partial charge in [-0.25, -0.2) is 0 Å². The lowest BCUT2D eigenvalue weighted by Gasteiger charge is -2.18. The summed E-state index contributed by atoms with van der Waals surface area (Å²) in [5.41, 5.74) is 0. The van der Waals surface area contributed by atoms with Gasteiger partial charge in [-0.1, -0.05) is 299 Å². The number of hydrogen-bond acceptors (Lipinski definition) is 6. The van der Waals surface area contributed by atoms with Gasteiger partial charge in [0.25, 0.3) is 0 Å². The molecular formula is C69H122O6. The van der Waals surface area contributed by atoms with Crippen molar-refractivity contribution in [2.24, 2.45) is 0 Å². The van der Waals surface area contributed by atoms with Crippen molar-refractivity contribution in [2.45, 2.75) is 335 Å². The summed E-state index contributed by atoms with van der Waals surface area (Å²) in [4.78, 5) is 38.3. The molecule has 0 fully saturated rings. The third-order valence-electron chi connectivity index (χ3n) is 14.2. The average molecular weight is 1050 g/mol. The quantitative estimate of drug-likeness (QED) is 0.0261. The van der Waals surface area contributed by atoms with Crippen LogP contribution < -0.4 is 0 Å². The molecule has 1 unspecified atom stereocenters. The van der Waals surface area contributed by atoms with Crippen molar-refractivity contribution in [1.82, 2.24) is 0 Å². The van der Waals surface area contributed by atoms with Crippen molar-refractivity contribution in [3.63, 3.8) is 0 Å². The third-order valence-corrected chi connectivity index (χ3v) is 14.2. The summed E-state index contributed by atoms with van der Waals surface area (Å²) in [6, 6.07) is 0. The van der Waals surface area contributed by atoms with E-state index in [1.54, 1.807) is 0 Å². The second kappa shape index (κ2) is 63.4. The van der Waals surface area contributed by atoms with Gasteiger partial charge in [0, 0.05) is 19.3 Å². The maximum atomic E-state index is 12.9. The molecule has 0 rings (SSSR count). The largest absolute Gasteiger partial charge is 0.462 e. The summed E-state index contributed by atoms with van der Waals surface area (Å²) in [6.07, 6.45) is 82.1. The molecule has 75 heavy (non-hydrogen) atoms. The van der Waals surface area contributed by atoms with Gasteiger partial charge in [0.1, 0.15) is 13.2 Å². The molecule has 0 heterocycles. The molecule has 434 valence electrons. The zero-order valence-corrected chi connectivity index (χ0v) is 49.8. The second-order valence-corrected chi connectivity index (χ2v) is 21.6. The summed E-state index contributed by atoms with van der Waals surface area (Å²) in [6.45, 7) is 6.43. The lowest BCUT2D eigenvalue weighted by Crippen LogP contribution is -2.30. The topological polar surface area (TPSA) is 78.9 Å². The zero-order valence-electron chi connectivity index (χ0n) is 49.8. The van der Waals surface area contributed by atoms with Gasteiger partial charge in [0.05, 0.1) is 0 Å².